The second-order valence-corrected chi connectivity index (χ2v) is 19.9. The highest BCUT2D eigenvalue weighted by atomic mass is 16.6. The van der Waals surface area contributed by atoms with Crippen molar-refractivity contribution in [2.75, 3.05) is 66.6 Å². The number of hydrogen-bond acceptors (Lipinski definition) is 16. The molecule has 0 spiro atoms. The fourth-order valence-electron chi connectivity index (χ4n) is 5.78. The number of carbonyl (C=O) groups excluding carboxylic acids is 6. The van der Waals surface area contributed by atoms with Gasteiger partial charge in [-0.2, -0.15) is 0 Å². The van der Waals surface area contributed by atoms with Gasteiger partial charge in [0.25, 0.3) is 0 Å². The maximum Gasteiger partial charge on any atom is 0.330 e. The van der Waals surface area contributed by atoms with E-state index in [-0.39, 0.29) is 57.5 Å². The van der Waals surface area contributed by atoms with Crippen LogP contribution < -0.4 is 18.9 Å². The number of ether oxygens (including phenoxy) is 10. The van der Waals surface area contributed by atoms with E-state index in [1.54, 1.807) is 43.5 Å². The molecule has 0 saturated heterocycles. The highest BCUT2D eigenvalue weighted by Crippen LogP contribution is 2.29. The van der Waals surface area contributed by atoms with Crippen molar-refractivity contribution >= 4 is 54.0 Å². The Hall–Kier alpha value is -7.10. The van der Waals surface area contributed by atoms with E-state index in [0.29, 0.717) is 44.0 Å². The fraction of sp³-hybridized carbons (Fsp3) is 0.524. The molecule has 0 aromatic heterocycles. The zero-order chi connectivity index (χ0) is 59.1. The van der Waals surface area contributed by atoms with Crippen molar-refractivity contribution in [2.24, 2.45) is 16.2 Å². The van der Waals surface area contributed by atoms with E-state index < -0.39 is 34.2 Å². The molecule has 79 heavy (non-hydrogen) atoms. The van der Waals surface area contributed by atoms with Crippen molar-refractivity contribution < 1.29 is 76.1 Å². The van der Waals surface area contributed by atoms with Crippen molar-refractivity contribution in [1.29, 1.82) is 0 Å². The SMILES string of the molecule is CCCCCOc1ccc(/C=C/C(=O)OCCOC(=O)C(C)(C)CC)cc1.CCCCOc1ccc(/C=C/C(=O)OCCOC(=O)C(C)(C)CC)cc1.CCOc1cc(/C=C/C(=O)OCCOC(=O)C(C)(C)CC)ccc1OC. The van der Waals surface area contributed by atoms with Crippen LogP contribution >= 0.6 is 0 Å². The van der Waals surface area contributed by atoms with Crippen LogP contribution in [0.5, 0.6) is 23.0 Å². The smallest absolute Gasteiger partial charge is 0.330 e. The van der Waals surface area contributed by atoms with Gasteiger partial charge in [-0.15, -0.1) is 0 Å². The van der Waals surface area contributed by atoms with Crippen molar-refractivity contribution in [1.82, 2.24) is 0 Å². The highest BCUT2D eigenvalue weighted by Gasteiger charge is 2.28. The Balaban J connectivity index is 0.000000593. The standard InChI is InChI=1S/C22H32O5.C21H30O5.C20H28O6/c1-5-7-8-15-25-19-12-9-18(10-13-19)11-14-20(23)26-16-17-27-21(24)22(3,4)6-2;1-5-7-14-24-18-11-8-17(9-12-18)10-13-19(22)25-15-16-26-20(23)21(3,4)6-2;1-6-20(3,4)19(22)26-13-12-25-18(21)11-9-15-8-10-16(23-5)17(14-15)24-7-2/h9-14H,5-8,15-17H2,1-4H3;8-13H,5-7,14-16H2,1-4H3;8-11,14H,6-7,12-13H2,1-5H3/b14-11+;13-10+;11-9+. The van der Waals surface area contributed by atoms with Crippen molar-refractivity contribution in [3.8, 4) is 23.0 Å². The molecule has 0 aliphatic heterocycles. The Morgan fingerprint density at radius 2 is 0.734 bits per heavy atom. The molecule has 16 nitrogen and oxygen atoms in total. The molecule has 0 bridgehead atoms. The molecule has 0 atom stereocenters. The normalized spacial score (nSPS) is 11.4. The van der Waals surface area contributed by atoms with Crippen molar-refractivity contribution in [3.05, 3.63) is 102 Å². The number of unbranched alkanes of at least 4 members (excludes halogenated alkanes) is 3. The Morgan fingerprint density at radius 3 is 1.08 bits per heavy atom. The summed E-state index contributed by atoms with van der Waals surface area (Å²) in [6.07, 6.45) is 16.6. The largest absolute Gasteiger partial charge is 0.494 e. The molecule has 0 amide bonds. The average molecular weight is 1100 g/mol. The Labute approximate surface area is 470 Å². The van der Waals surface area contributed by atoms with Crippen LogP contribution in [0.4, 0.5) is 0 Å². The van der Waals surface area contributed by atoms with Crippen LogP contribution in [0.3, 0.4) is 0 Å². The lowest BCUT2D eigenvalue weighted by Gasteiger charge is -2.20. The number of carbonyl (C=O) groups is 6. The lowest BCUT2D eigenvalue weighted by Crippen LogP contribution is -2.27. The minimum absolute atomic E-state index is 0.0154. The molecule has 0 aliphatic rings. The maximum absolute atomic E-state index is 11.8. The first-order chi connectivity index (χ1) is 37.6. The minimum atomic E-state index is -0.531. The zero-order valence-electron chi connectivity index (χ0n) is 49.4. The first-order valence-corrected chi connectivity index (χ1v) is 27.4. The molecule has 0 unspecified atom stereocenters. The fourth-order valence-corrected chi connectivity index (χ4v) is 5.78. The summed E-state index contributed by atoms with van der Waals surface area (Å²) in [6.45, 7) is 25.1. The van der Waals surface area contributed by atoms with Gasteiger partial charge in [-0.1, -0.05) is 84.2 Å². The van der Waals surface area contributed by atoms with E-state index in [1.807, 2.05) is 118 Å². The van der Waals surface area contributed by atoms with Gasteiger partial charge in [0.2, 0.25) is 0 Å². The number of benzene rings is 3. The predicted molar refractivity (Wildman–Crippen MR) is 308 cm³/mol. The van der Waals surface area contributed by atoms with Crippen molar-refractivity contribution in [2.45, 2.75) is 134 Å². The molecule has 0 aliphatic carbocycles. The minimum Gasteiger partial charge on any atom is -0.494 e. The number of hydrogen-bond donors (Lipinski definition) is 0. The predicted octanol–water partition coefficient (Wildman–Crippen LogP) is 12.8. The van der Waals surface area contributed by atoms with E-state index in [0.717, 1.165) is 54.1 Å². The van der Waals surface area contributed by atoms with Crippen LogP contribution in [0.15, 0.2) is 85.0 Å². The second-order valence-electron chi connectivity index (χ2n) is 19.9. The van der Waals surface area contributed by atoms with Crippen LogP contribution in [0, 0.1) is 16.2 Å². The van der Waals surface area contributed by atoms with E-state index in [2.05, 4.69) is 13.8 Å². The Kier molecular flexibility index (Phi) is 34.8. The first-order valence-electron chi connectivity index (χ1n) is 27.4. The van der Waals surface area contributed by atoms with E-state index in [4.69, 9.17) is 47.4 Å². The molecule has 0 N–H and O–H groups in total. The molecule has 3 aromatic rings. The second kappa shape index (κ2) is 39.3. The van der Waals surface area contributed by atoms with Crippen LogP contribution in [-0.4, -0.2) is 102 Å². The highest BCUT2D eigenvalue weighted by molar-refractivity contribution is 5.88. The molecule has 438 valence electrons. The molecule has 0 heterocycles. The lowest BCUT2D eigenvalue weighted by atomic mass is 9.91. The van der Waals surface area contributed by atoms with Crippen LogP contribution in [-0.2, 0) is 57.2 Å². The number of methoxy groups -OCH3 is 1. The van der Waals surface area contributed by atoms with Gasteiger partial charge in [0, 0.05) is 18.2 Å². The summed E-state index contributed by atoms with van der Waals surface area (Å²) in [4.78, 5) is 70.5. The van der Waals surface area contributed by atoms with Gasteiger partial charge >= 0.3 is 35.8 Å². The molecule has 0 fully saturated rings. The molecular weight excluding hydrogens is 1010 g/mol. The average Bonchev–Trinajstić information content (AvgIpc) is 3.45. The van der Waals surface area contributed by atoms with Crippen LogP contribution in [0.25, 0.3) is 18.2 Å². The monoisotopic (exact) mass is 1100 g/mol. The van der Waals surface area contributed by atoms with Crippen LogP contribution in [0.2, 0.25) is 0 Å². The maximum atomic E-state index is 11.8. The summed E-state index contributed by atoms with van der Waals surface area (Å²) in [7, 11) is 1.57. The third kappa shape index (κ3) is 30.6. The Bertz CT molecular complexity index is 2340. The summed E-state index contributed by atoms with van der Waals surface area (Å²) in [5, 5.41) is 0. The summed E-state index contributed by atoms with van der Waals surface area (Å²) < 4.78 is 52.4. The number of esters is 6. The van der Waals surface area contributed by atoms with Crippen LogP contribution in [0.1, 0.15) is 151 Å². The summed E-state index contributed by atoms with van der Waals surface area (Å²) in [5.41, 5.74) is 0.968. The Morgan fingerprint density at radius 1 is 0.392 bits per heavy atom. The summed E-state index contributed by atoms with van der Waals surface area (Å²) >= 11 is 0. The molecule has 3 aromatic carbocycles. The van der Waals surface area contributed by atoms with E-state index >= 15 is 0 Å². The van der Waals surface area contributed by atoms with E-state index in [9.17, 15) is 28.8 Å². The van der Waals surface area contributed by atoms with Gasteiger partial charge in [-0.05, 0) is 152 Å². The van der Waals surface area contributed by atoms with Gasteiger partial charge in [-0.3, -0.25) is 14.4 Å². The number of rotatable bonds is 33. The quantitative estimate of drug-likeness (QED) is 0.0242. The van der Waals surface area contributed by atoms with Crippen molar-refractivity contribution in [3.63, 3.8) is 0 Å². The molecule has 3 rings (SSSR count). The molecule has 0 radical (unpaired) electrons. The van der Waals surface area contributed by atoms with Gasteiger partial charge in [0.15, 0.2) is 11.5 Å². The summed E-state index contributed by atoms with van der Waals surface area (Å²) in [6, 6.07) is 20.4. The summed E-state index contributed by atoms with van der Waals surface area (Å²) in [5.74, 6) is 0.552. The van der Waals surface area contributed by atoms with Gasteiger partial charge < -0.3 is 47.4 Å². The third-order valence-corrected chi connectivity index (χ3v) is 12.3. The topological polar surface area (TPSA) is 195 Å². The molecule has 16 heteroatoms. The van der Waals surface area contributed by atoms with Gasteiger partial charge in [0.05, 0.1) is 43.2 Å². The zero-order valence-corrected chi connectivity index (χ0v) is 49.4. The molecule has 0 saturated carbocycles. The third-order valence-electron chi connectivity index (χ3n) is 12.3. The van der Waals surface area contributed by atoms with Gasteiger partial charge in [-0.25, -0.2) is 14.4 Å². The first kappa shape index (κ1) is 69.9. The van der Waals surface area contributed by atoms with Gasteiger partial charge in [0.1, 0.15) is 51.1 Å². The molecular formula is C63H90O16. The lowest BCUT2D eigenvalue weighted by molar-refractivity contribution is -0.158. The van der Waals surface area contributed by atoms with E-state index in [1.165, 1.54) is 31.1 Å².